The molecule has 0 aliphatic heterocycles. The molecule has 0 fully saturated rings. The summed E-state index contributed by atoms with van der Waals surface area (Å²) in [6, 6.07) is 17.9. The fourth-order valence-corrected chi connectivity index (χ4v) is 2.38. The molecule has 114 valence electrons. The second-order valence-electron chi connectivity index (χ2n) is 6.53. The summed E-state index contributed by atoms with van der Waals surface area (Å²) in [6.07, 6.45) is 1.80. The summed E-state index contributed by atoms with van der Waals surface area (Å²) in [5.74, 6) is 0.355. The maximum Gasteiger partial charge on any atom is 0.238 e. The van der Waals surface area contributed by atoms with Crippen LogP contribution in [0.15, 0.2) is 52.9 Å². The van der Waals surface area contributed by atoms with Crippen molar-refractivity contribution < 1.29 is 4.42 Å². The first kappa shape index (κ1) is 15.1. The van der Waals surface area contributed by atoms with Crippen molar-refractivity contribution in [3.05, 3.63) is 65.5 Å². The largest absolute Gasteiger partial charge is 0.435 e. The van der Waals surface area contributed by atoms with E-state index in [9.17, 15) is 5.26 Å². The first-order valence-electron chi connectivity index (χ1n) is 7.56. The van der Waals surface area contributed by atoms with Gasteiger partial charge in [0.2, 0.25) is 5.89 Å². The molecule has 0 amide bonds. The van der Waals surface area contributed by atoms with Gasteiger partial charge in [-0.25, -0.2) is 4.98 Å². The Bertz CT molecular complexity index is 870. The second kappa shape index (κ2) is 5.73. The van der Waals surface area contributed by atoms with Crippen LogP contribution in [0.2, 0.25) is 0 Å². The Morgan fingerprint density at radius 3 is 2.39 bits per heavy atom. The minimum atomic E-state index is 0.112. The summed E-state index contributed by atoms with van der Waals surface area (Å²) in [7, 11) is 0. The van der Waals surface area contributed by atoms with Crippen LogP contribution in [0.25, 0.3) is 22.7 Å². The SMILES string of the molecule is CC(C)(C)c1ccc(C=C(C#N)c2nc3ccccc3o2)cc1. The van der Waals surface area contributed by atoms with E-state index in [2.05, 4.69) is 44.0 Å². The third kappa shape index (κ3) is 3.17. The van der Waals surface area contributed by atoms with Crippen LogP contribution in [-0.4, -0.2) is 4.98 Å². The summed E-state index contributed by atoms with van der Waals surface area (Å²) in [5, 5.41) is 9.43. The topological polar surface area (TPSA) is 49.8 Å². The van der Waals surface area contributed by atoms with Crippen molar-refractivity contribution in [2.45, 2.75) is 26.2 Å². The highest BCUT2D eigenvalue weighted by atomic mass is 16.3. The van der Waals surface area contributed by atoms with Gasteiger partial charge in [-0.1, -0.05) is 57.2 Å². The van der Waals surface area contributed by atoms with Gasteiger partial charge in [-0.2, -0.15) is 5.26 Å². The molecule has 0 aliphatic carbocycles. The number of rotatable bonds is 2. The molecule has 3 nitrogen and oxygen atoms in total. The molecular formula is C20H18N2O. The molecular weight excluding hydrogens is 284 g/mol. The van der Waals surface area contributed by atoms with E-state index in [0.29, 0.717) is 17.0 Å². The van der Waals surface area contributed by atoms with Gasteiger partial charge in [0, 0.05) is 0 Å². The maximum atomic E-state index is 9.43. The number of hydrogen-bond donors (Lipinski definition) is 0. The van der Waals surface area contributed by atoms with Crippen LogP contribution in [0, 0.1) is 11.3 Å². The molecule has 0 saturated carbocycles. The summed E-state index contributed by atoms with van der Waals surface area (Å²) >= 11 is 0. The van der Waals surface area contributed by atoms with Crippen molar-refractivity contribution in [2.75, 3.05) is 0 Å². The van der Waals surface area contributed by atoms with Crippen molar-refractivity contribution in [2.24, 2.45) is 0 Å². The number of para-hydroxylation sites is 2. The number of fused-ring (bicyclic) bond motifs is 1. The fourth-order valence-electron chi connectivity index (χ4n) is 2.38. The molecule has 0 spiro atoms. The van der Waals surface area contributed by atoms with Gasteiger partial charge in [0.25, 0.3) is 0 Å². The van der Waals surface area contributed by atoms with E-state index >= 15 is 0 Å². The Morgan fingerprint density at radius 2 is 1.78 bits per heavy atom. The van der Waals surface area contributed by atoms with Crippen LogP contribution in [0.3, 0.4) is 0 Å². The molecule has 3 rings (SSSR count). The van der Waals surface area contributed by atoms with Crippen LogP contribution in [0.1, 0.15) is 37.8 Å². The van der Waals surface area contributed by atoms with Crippen molar-refractivity contribution in [1.82, 2.24) is 4.98 Å². The lowest BCUT2D eigenvalue weighted by molar-refractivity contribution is 0.586. The highest BCUT2D eigenvalue weighted by Crippen LogP contribution is 2.25. The van der Waals surface area contributed by atoms with E-state index in [1.165, 1.54) is 5.56 Å². The number of oxazole rings is 1. The molecule has 3 heteroatoms. The zero-order valence-corrected chi connectivity index (χ0v) is 13.5. The van der Waals surface area contributed by atoms with Gasteiger partial charge in [-0.05, 0) is 34.8 Å². The molecule has 1 aromatic heterocycles. The lowest BCUT2D eigenvalue weighted by atomic mass is 9.86. The van der Waals surface area contributed by atoms with Crippen molar-refractivity contribution in [1.29, 1.82) is 5.26 Å². The molecule has 0 bridgehead atoms. The van der Waals surface area contributed by atoms with Gasteiger partial charge >= 0.3 is 0 Å². The molecule has 0 radical (unpaired) electrons. The lowest BCUT2D eigenvalue weighted by Gasteiger charge is -2.18. The average molecular weight is 302 g/mol. The van der Waals surface area contributed by atoms with Gasteiger partial charge in [0.05, 0.1) is 0 Å². The van der Waals surface area contributed by atoms with E-state index in [4.69, 9.17) is 4.42 Å². The van der Waals surface area contributed by atoms with E-state index in [1.54, 1.807) is 6.08 Å². The number of nitriles is 1. The highest BCUT2D eigenvalue weighted by Gasteiger charge is 2.13. The Labute approximate surface area is 135 Å². The summed E-state index contributed by atoms with van der Waals surface area (Å²) in [5.41, 5.74) is 4.19. The Morgan fingerprint density at radius 1 is 1.09 bits per heavy atom. The zero-order valence-electron chi connectivity index (χ0n) is 13.5. The standard InChI is InChI=1S/C20H18N2O/c1-20(2,3)16-10-8-14(9-11-16)12-15(13-21)19-22-17-6-4-5-7-18(17)23-19/h4-12H,1-3H3. The van der Waals surface area contributed by atoms with E-state index in [-0.39, 0.29) is 5.41 Å². The predicted octanol–water partition coefficient (Wildman–Crippen LogP) is 5.19. The molecule has 0 aliphatic rings. The van der Waals surface area contributed by atoms with E-state index in [1.807, 2.05) is 36.4 Å². The van der Waals surface area contributed by atoms with Gasteiger partial charge in [0.15, 0.2) is 5.58 Å². The number of aromatic nitrogens is 1. The number of hydrogen-bond acceptors (Lipinski definition) is 3. The van der Waals surface area contributed by atoms with Crippen LogP contribution >= 0.6 is 0 Å². The molecule has 0 saturated heterocycles. The van der Waals surface area contributed by atoms with Crippen molar-refractivity contribution in [3.63, 3.8) is 0 Å². The second-order valence-corrected chi connectivity index (χ2v) is 6.53. The molecule has 0 atom stereocenters. The van der Waals surface area contributed by atoms with Crippen LogP contribution in [0.4, 0.5) is 0 Å². The van der Waals surface area contributed by atoms with Crippen molar-refractivity contribution >= 4 is 22.7 Å². The monoisotopic (exact) mass is 302 g/mol. The number of nitrogens with zero attached hydrogens (tertiary/aromatic N) is 2. The Kier molecular flexibility index (Phi) is 3.75. The summed E-state index contributed by atoms with van der Waals surface area (Å²) < 4.78 is 5.67. The predicted molar refractivity (Wildman–Crippen MR) is 92.6 cm³/mol. The van der Waals surface area contributed by atoms with Gasteiger partial charge in [-0.15, -0.1) is 0 Å². The lowest BCUT2D eigenvalue weighted by Crippen LogP contribution is -2.10. The third-order valence-electron chi connectivity index (χ3n) is 3.73. The van der Waals surface area contributed by atoms with Crippen LogP contribution in [-0.2, 0) is 5.41 Å². The molecule has 23 heavy (non-hydrogen) atoms. The van der Waals surface area contributed by atoms with E-state index in [0.717, 1.165) is 11.1 Å². The fraction of sp³-hybridized carbons (Fsp3) is 0.200. The maximum absolute atomic E-state index is 9.43. The first-order valence-corrected chi connectivity index (χ1v) is 7.56. The smallest absolute Gasteiger partial charge is 0.238 e. The number of benzene rings is 2. The average Bonchev–Trinajstić information content (AvgIpc) is 2.96. The normalized spacial score (nSPS) is 12.3. The summed E-state index contributed by atoms with van der Waals surface area (Å²) in [6.45, 7) is 6.53. The molecule has 0 unspecified atom stereocenters. The first-order chi connectivity index (χ1) is 11.0. The molecule has 2 aromatic carbocycles. The van der Waals surface area contributed by atoms with Crippen LogP contribution in [0.5, 0.6) is 0 Å². The van der Waals surface area contributed by atoms with E-state index < -0.39 is 0 Å². The molecule has 0 N–H and O–H groups in total. The minimum absolute atomic E-state index is 0.112. The molecule has 3 aromatic rings. The zero-order chi connectivity index (χ0) is 16.4. The minimum Gasteiger partial charge on any atom is -0.435 e. The van der Waals surface area contributed by atoms with Gasteiger partial charge in [0.1, 0.15) is 17.2 Å². The summed E-state index contributed by atoms with van der Waals surface area (Å²) in [4.78, 5) is 4.38. The highest BCUT2D eigenvalue weighted by molar-refractivity contribution is 5.88. The molecule has 1 heterocycles. The quantitative estimate of drug-likeness (QED) is 0.612. The van der Waals surface area contributed by atoms with Crippen LogP contribution < -0.4 is 0 Å². The Balaban J connectivity index is 1.97. The van der Waals surface area contributed by atoms with Gasteiger partial charge in [-0.3, -0.25) is 0 Å². The Hall–Kier alpha value is -2.86. The number of allylic oxidation sites excluding steroid dienone is 1. The third-order valence-corrected chi connectivity index (χ3v) is 3.73. The van der Waals surface area contributed by atoms with Crippen molar-refractivity contribution in [3.8, 4) is 6.07 Å². The van der Waals surface area contributed by atoms with Gasteiger partial charge < -0.3 is 4.42 Å².